The van der Waals surface area contributed by atoms with Crippen LogP contribution in [-0.2, 0) is 11.3 Å². The number of fused-ring (bicyclic) bond motifs is 1. The van der Waals surface area contributed by atoms with Crippen molar-refractivity contribution in [3.05, 3.63) is 46.2 Å². The van der Waals surface area contributed by atoms with E-state index < -0.39 is 17.5 Å². The third kappa shape index (κ3) is 5.83. The van der Waals surface area contributed by atoms with Gasteiger partial charge in [-0.1, -0.05) is 29.4 Å². The van der Waals surface area contributed by atoms with Crippen molar-refractivity contribution < 1.29 is 9.59 Å². The predicted octanol–water partition coefficient (Wildman–Crippen LogP) is 2.95. The van der Waals surface area contributed by atoms with Crippen LogP contribution in [0.4, 0.5) is 4.79 Å². The van der Waals surface area contributed by atoms with E-state index in [-0.39, 0.29) is 17.9 Å². The monoisotopic (exact) mass is 408 g/mol. The highest BCUT2D eigenvalue weighted by Crippen LogP contribution is 2.20. The number of nitrogens with zero attached hydrogens (tertiary/aromatic N) is 2. The summed E-state index contributed by atoms with van der Waals surface area (Å²) < 4.78 is 1.43. The molecule has 0 radical (unpaired) electrons. The first-order valence-corrected chi connectivity index (χ1v) is 9.53. The zero-order chi connectivity index (χ0) is 20.2. The van der Waals surface area contributed by atoms with Crippen molar-refractivity contribution in [2.45, 2.75) is 38.0 Å². The zero-order valence-electron chi connectivity index (χ0n) is 15.3. The van der Waals surface area contributed by atoms with Gasteiger partial charge in [0.1, 0.15) is 0 Å². The van der Waals surface area contributed by atoms with E-state index in [1.807, 2.05) is 20.8 Å². The second-order valence-corrected chi connectivity index (χ2v) is 8.18. The Morgan fingerprint density at radius 2 is 2.07 bits per heavy atom. The number of amides is 3. The molecule has 0 atom stereocenters. The molecule has 27 heavy (non-hydrogen) atoms. The summed E-state index contributed by atoms with van der Waals surface area (Å²) in [4.78, 5) is 40.9. The first-order valence-electron chi connectivity index (χ1n) is 8.16. The Labute approximate surface area is 166 Å². The van der Waals surface area contributed by atoms with Crippen LogP contribution < -0.4 is 16.2 Å². The zero-order valence-corrected chi connectivity index (χ0v) is 16.9. The number of rotatable bonds is 5. The minimum atomic E-state index is -0.574. The van der Waals surface area contributed by atoms with Crippen molar-refractivity contribution in [1.29, 1.82) is 0 Å². The number of benzene rings is 1. The summed E-state index contributed by atoms with van der Waals surface area (Å²) in [6, 6.07) is 4.26. The van der Waals surface area contributed by atoms with Gasteiger partial charge in [0, 0.05) is 17.1 Å². The molecule has 1 heterocycles. The van der Waals surface area contributed by atoms with E-state index in [0.717, 1.165) is 11.8 Å². The minimum absolute atomic E-state index is 0.0762. The van der Waals surface area contributed by atoms with Crippen LogP contribution in [0, 0.1) is 0 Å². The SMILES string of the molecule is C=CCn1c(SCC(=O)NC(=O)NC(C)(C)C)nc2cc(Cl)ccc2c1=O. The van der Waals surface area contributed by atoms with Gasteiger partial charge in [-0.15, -0.1) is 6.58 Å². The van der Waals surface area contributed by atoms with Crippen molar-refractivity contribution >= 4 is 46.2 Å². The smallest absolute Gasteiger partial charge is 0.321 e. The fraction of sp³-hybridized carbons (Fsp3) is 0.333. The van der Waals surface area contributed by atoms with E-state index in [4.69, 9.17) is 11.6 Å². The number of imide groups is 1. The highest BCUT2D eigenvalue weighted by molar-refractivity contribution is 7.99. The van der Waals surface area contributed by atoms with Crippen LogP contribution in [0.1, 0.15) is 20.8 Å². The lowest BCUT2D eigenvalue weighted by Gasteiger charge is -2.20. The molecule has 0 bridgehead atoms. The third-order valence-corrected chi connectivity index (χ3v) is 4.48. The predicted molar refractivity (Wildman–Crippen MR) is 108 cm³/mol. The molecule has 0 aliphatic rings. The average Bonchev–Trinajstić information content (AvgIpc) is 2.53. The maximum atomic E-state index is 12.7. The van der Waals surface area contributed by atoms with E-state index in [1.54, 1.807) is 24.3 Å². The Kier molecular flexibility index (Phi) is 6.67. The van der Waals surface area contributed by atoms with Gasteiger partial charge >= 0.3 is 6.03 Å². The van der Waals surface area contributed by atoms with Crippen LogP contribution in [-0.4, -0.2) is 32.8 Å². The van der Waals surface area contributed by atoms with Gasteiger partial charge in [-0.2, -0.15) is 0 Å². The first-order chi connectivity index (χ1) is 12.6. The number of aromatic nitrogens is 2. The van der Waals surface area contributed by atoms with Crippen LogP contribution in [0.15, 0.2) is 40.8 Å². The molecule has 7 nitrogen and oxygen atoms in total. The molecule has 0 aliphatic heterocycles. The number of nitrogens with one attached hydrogen (secondary N) is 2. The number of thioether (sulfide) groups is 1. The van der Waals surface area contributed by atoms with E-state index in [2.05, 4.69) is 22.2 Å². The lowest BCUT2D eigenvalue weighted by molar-refractivity contribution is -0.117. The topological polar surface area (TPSA) is 93.1 Å². The van der Waals surface area contributed by atoms with Crippen molar-refractivity contribution in [2.75, 3.05) is 5.75 Å². The average molecular weight is 409 g/mol. The number of halogens is 1. The molecule has 2 N–H and O–H groups in total. The normalized spacial score (nSPS) is 11.3. The summed E-state index contributed by atoms with van der Waals surface area (Å²) in [6.07, 6.45) is 1.58. The molecular weight excluding hydrogens is 388 g/mol. The lowest BCUT2D eigenvalue weighted by Crippen LogP contribution is -2.48. The molecule has 1 aromatic heterocycles. The quantitative estimate of drug-likeness (QED) is 0.450. The van der Waals surface area contributed by atoms with Gasteiger partial charge in [-0.25, -0.2) is 9.78 Å². The number of allylic oxidation sites excluding steroid dienone is 1. The Balaban J connectivity index is 2.21. The van der Waals surface area contributed by atoms with Crippen LogP contribution in [0.3, 0.4) is 0 Å². The number of hydrogen-bond donors (Lipinski definition) is 2. The number of hydrogen-bond acceptors (Lipinski definition) is 5. The molecule has 144 valence electrons. The van der Waals surface area contributed by atoms with Gasteiger partial charge in [0.2, 0.25) is 5.91 Å². The van der Waals surface area contributed by atoms with Gasteiger partial charge in [-0.3, -0.25) is 19.5 Å². The Morgan fingerprint density at radius 3 is 2.70 bits per heavy atom. The summed E-state index contributed by atoms with van der Waals surface area (Å²) in [5.74, 6) is -0.569. The van der Waals surface area contributed by atoms with Crippen molar-refractivity contribution in [1.82, 2.24) is 20.2 Å². The number of carbonyl (C=O) groups excluding carboxylic acids is 2. The van der Waals surface area contributed by atoms with Crippen LogP contribution in [0.2, 0.25) is 5.02 Å². The molecule has 1 aromatic carbocycles. The number of urea groups is 1. The fourth-order valence-electron chi connectivity index (χ4n) is 2.24. The molecule has 0 spiro atoms. The third-order valence-electron chi connectivity index (χ3n) is 3.27. The minimum Gasteiger partial charge on any atom is -0.333 e. The Morgan fingerprint density at radius 1 is 1.37 bits per heavy atom. The van der Waals surface area contributed by atoms with Crippen molar-refractivity contribution in [3.63, 3.8) is 0 Å². The highest BCUT2D eigenvalue weighted by Gasteiger charge is 2.17. The Hall–Kier alpha value is -2.32. The summed E-state index contributed by atoms with van der Waals surface area (Å²) in [5.41, 5.74) is -0.257. The molecule has 0 aliphatic carbocycles. The largest absolute Gasteiger partial charge is 0.333 e. The van der Waals surface area contributed by atoms with Gasteiger partial charge < -0.3 is 5.32 Å². The standard InChI is InChI=1S/C18H21ClN4O3S/c1-5-8-23-15(25)12-7-6-11(19)9-13(12)20-17(23)27-10-14(24)21-16(26)22-18(2,3)4/h5-7,9H,1,8,10H2,2-4H3,(H2,21,22,24,26). The Bertz CT molecular complexity index is 950. The van der Waals surface area contributed by atoms with Crippen molar-refractivity contribution in [3.8, 4) is 0 Å². The summed E-state index contributed by atoms with van der Waals surface area (Å²) in [7, 11) is 0. The molecule has 0 saturated heterocycles. The first kappa shape index (κ1) is 21.0. The van der Waals surface area contributed by atoms with E-state index in [9.17, 15) is 14.4 Å². The second kappa shape index (κ2) is 8.58. The fourth-order valence-corrected chi connectivity index (χ4v) is 3.21. The summed E-state index contributed by atoms with van der Waals surface area (Å²) >= 11 is 7.04. The van der Waals surface area contributed by atoms with Gasteiger partial charge in [-0.05, 0) is 39.0 Å². The van der Waals surface area contributed by atoms with Gasteiger partial charge in [0.05, 0.1) is 16.7 Å². The van der Waals surface area contributed by atoms with E-state index in [0.29, 0.717) is 21.1 Å². The van der Waals surface area contributed by atoms with Crippen molar-refractivity contribution in [2.24, 2.45) is 0 Å². The van der Waals surface area contributed by atoms with E-state index in [1.165, 1.54) is 4.57 Å². The lowest BCUT2D eigenvalue weighted by atomic mass is 10.1. The molecule has 3 amide bonds. The van der Waals surface area contributed by atoms with Crippen LogP contribution in [0.5, 0.6) is 0 Å². The maximum absolute atomic E-state index is 12.7. The van der Waals surface area contributed by atoms with Crippen LogP contribution >= 0.6 is 23.4 Å². The molecule has 2 aromatic rings. The molecule has 0 saturated carbocycles. The second-order valence-electron chi connectivity index (χ2n) is 6.80. The van der Waals surface area contributed by atoms with Gasteiger partial charge in [0.15, 0.2) is 5.16 Å². The summed E-state index contributed by atoms with van der Waals surface area (Å²) in [6.45, 7) is 9.33. The van der Waals surface area contributed by atoms with Crippen LogP contribution in [0.25, 0.3) is 10.9 Å². The highest BCUT2D eigenvalue weighted by atomic mass is 35.5. The maximum Gasteiger partial charge on any atom is 0.321 e. The van der Waals surface area contributed by atoms with Gasteiger partial charge in [0.25, 0.3) is 5.56 Å². The number of carbonyl (C=O) groups is 2. The van der Waals surface area contributed by atoms with E-state index >= 15 is 0 Å². The molecular formula is C18H21ClN4O3S. The molecule has 9 heteroatoms. The molecule has 2 rings (SSSR count). The summed E-state index contributed by atoms with van der Waals surface area (Å²) in [5, 5.41) is 6.13. The molecule has 0 fully saturated rings. The molecule has 0 unspecified atom stereocenters.